The van der Waals surface area contributed by atoms with Crippen molar-refractivity contribution in [2.45, 2.75) is 0 Å². The predicted octanol–water partition coefficient (Wildman–Crippen LogP) is 1.50. The number of nitriles is 5. The van der Waals surface area contributed by atoms with E-state index in [9.17, 15) is 15.8 Å². The molecule has 2 heterocycles. The first-order chi connectivity index (χ1) is 10.7. The highest BCUT2D eigenvalue weighted by molar-refractivity contribution is 5.82. The summed E-state index contributed by atoms with van der Waals surface area (Å²) in [5, 5.41) is 45.8. The smallest absolute Gasteiger partial charge is 0.158 e. The van der Waals surface area contributed by atoms with Crippen molar-refractivity contribution in [2.75, 3.05) is 0 Å². The molecule has 0 unspecified atom stereocenters. The molecular formula is C15H3N7. The van der Waals surface area contributed by atoms with E-state index < -0.39 is 0 Å². The van der Waals surface area contributed by atoms with Gasteiger partial charge in [-0.25, -0.2) is 9.97 Å². The molecule has 0 amide bonds. The molecule has 2 aromatic rings. The molecule has 22 heavy (non-hydrogen) atoms. The number of rotatable bonds is 1. The lowest BCUT2D eigenvalue weighted by atomic mass is 9.92. The molecule has 0 radical (unpaired) electrons. The summed E-state index contributed by atoms with van der Waals surface area (Å²) >= 11 is 0. The van der Waals surface area contributed by atoms with Crippen LogP contribution in [0.5, 0.6) is 0 Å². The van der Waals surface area contributed by atoms with E-state index >= 15 is 0 Å². The molecule has 0 aliphatic rings. The van der Waals surface area contributed by atoms with Crippen molar-refractivity contribution in [2.24, 2.45) is 0 Å². The van der Waals surface area contributed by atoms with Crippen LogP contribution in [0.25, 0.3) is 11.1 Å². The molecular weight excluding hydrogens is 278 g/mol. The van der Waals surface area contributed by atoms with Crippen molar-refractivity contribution >= 4 is 0 Å². The first-order valence-corrected chi connectivity index (χ1v) is 5.74. The second-order valence-electron chi connectivity index (χ2n) is 3.91. The first kappa shape index (κ1) is 14.2. The normalized spacial score (nSPS) is 8.68. The monoisotopic (exact) mass is 281 g/mol. The minimum absolute atomic E-state index is 0.0298. The van der Waals surface area contributed by atoms with Crippen LogP contribution in [-0.4, -0.2) is 9.97 Å². The Hall–Kier alpha value is -4.25. The van der Waals surface area contributed by atoms with E-state index in [0.717, 1.165) is 6.20 Å². The van der Waals surface area contributed by atoms with E-state index in [1.54, 1.807) is 12.1 Å². The van der Waals surface area contributed by atoms with Gasteiger partial charge in [-0.1, -0.05) is 0 Å². The number of nitrogens with zero attached hydrogens (tertiary/aromatic N) is 7. The van der Waals surface area contributed by atoms with Gasteiger partial charge in [0.25, 0.3) is 0 Å². The van der Waals surface area contributed by atoms with Gasteiger partial charge in [0.2, 0.25) is 0 Å². The molecule has 0 bridgehead atoms. The zero-order chi connectivity index (χ0) is 16.1. The zero-order valence-electron chi connectivity index (χ0n) is 10.9. The zero-order valence-corrected chi connectivity index (χ0v) is 10.9. The van der Waals surface area contributed by atoms with Gasteiger partial charge in [-0.15, -0.1) is 0 Å². The number of hydrogen-bond donors (Lipinski definition) is 0. The average molecular weight is 281 g/mol. The molecule has 0 aromatic carbocycles. The number of pyridine rings is 2. The topological polar surface area (TPSA) is 145 Å². The van der Waals surface area contributed by atoms with E-state index in [-0.39, 0.29) is 39.2 Å². The third-order valence-corrected chi connectivity index (χ3v) is 2.86. The molecule has 7 nitrogen and oxygen atoms in total. The van der Waals surface area contributed by atoms with Crippen LogP contribution < -0.4 is 0 Å². The highest BCUT2D eigenvalue weighted by Crippen LogP contribution is 2.31. The fourth-order valence-corrected chi connectivity index (χ4v) is 1.94. The van der Waals surface area contributed by atoms with Crippen molar-refractivity contribution in [3.8, 4) is 41.5 Å². The van der Waals surface area contributed by atoms with Crippen molar-refractivity contribution in [1.29, 1.82) is 26.3 Å². The summed E-state index contributed by atoms with van der Waals surface area (Å²) in [6.45, 7) is 0. The van der Waals surface area contributed by atoms with Gasteiger partial charge in [0.1, 0.15) is 30.3 Å². The van der Waals surface area contributed by atoms with E-state index in [0.29, 0.717) is 0 Å². The summed E-state index contributed by atoms with van der Waals surface area (Å²) in [5.41, 5.74) is -0.129. The summed E-state index contributed by atoms with van der Waals surface area (Å²) in [5.74, 6) is 0. The van der Waals surface area contributed by atoms with Crippen LogP contribution in [0.4, 0.5) is 0 Å². The molecule has 0 saturated heterocycles. The van der Waals surface area contributed by atoms with Crippen LogP contribution in [0.1, 0.15) is 28.1 Å². The van der Waals surface area contributed by atoms with Gasteiger partial charge < -0.3 is 0 Å². The van der Waals surface area contributed by atoms with Crippen molar-refractivity contribution in [3.63, 3.8) is 0 Å². The Morgan fingerprint density at radius 2 is 1.36 bits per heavy atom. The Morgan fingerprint density at radius 1 is 0.727 bits per heavy atom. The molecule has 7 heteroatoms. The third kappa shape index (κ3) is 2.06. The highest BCUT2D eigenvalue weighted by atomic mass is 14.7. The SMILES string of the molecule is N#Cc1cnc(C#N)c(C#N)c1-c1ccnc(C#N)c1C#N. The molecule has 0 N–H and O–H groups in total. The number of hydrogen-bond acceptors (Lipinski definition) is 7. The van der Waals surface area contributed by atoms with Gasteiger partial charge in [0.05, 0.1) is 16.7 Å². The second kappa shape index (κ2) is 5.81. The predicted molar refractivity (Wildman–Crippen MR) is 71.0 cm³/mol. The number of aromatic nitrogens is 2. The maximum absolute atomic E-state index is 9.29. The molecule has 0 saturated carbocycles. The van der Waals surface area contributed by atoms with E-state index in [4.69, 9.17) is 10.5 Å². The van der Waals surface area contributed by atoms with Crippen LogP contribution in [-0.2, 0) is 0 Å². The Morgan fingerprint density at radius 3 is 1.91 bits per heavy atom. The standard InChI is InChI=1S/C15H3N7/c16-3-9-8-22-14(7-20)12(5-18)15(9)10-1-2-21-13(6-19)11(10)4-17/h1-2,8H. The summed E-state index contributed by atoms with van der Waals surface area (Å²) in [6, 6.07) is 10.5. The van der Waals surface area contributed by atoms with Crippen molar-refractivity contribution in [1.82, 2.24) is 9.97 Å². The summed E-state index contributed by atoms with van der Waals surface area (Å²) < 4.78 is 0. The Bertz CT molecular complexity index is 985. The molecule has 0 atom stereocenters. The van der Waals surface area contributed by atoms with Gasteiger partial charge in [0, 0.05) is 23.5 Å². The molecule has 2 rings (SSSR count). The summed E-state index contributed by atoms with van der Waals surface area (Å²) in [7, 11) is 0. The van der Waals surface area contributed by atoms with Gasteiger partial charge in [-0.3, -0.25) is 0 Å². The molecule has 98 valence electrons. The third-order valence-electron chi connectivity index (χ3n) is 2.86. The molecule has 0 spiro atoms. The van der Waals surface area contributed by atoms with Gasteiger partial charge in [0.15, 0.2) is 11.4 Å². The van der Waals surface area contributed by atoms with E-state index in [1.807, 2.05) is 18.2 Å². The average Bonchev–Trinajstić information content (AvgIpc) is 2.59. The quantitative estimate of drug-likeness (QED) is 0.769. The molecule has 2 aromatic heterocycles. The second-order valence-corrected chi connectivity index (χ2v) is 3.91. The van der Waals surface area contributed by atoms with Crippen LogP contribution in [0, 0.1) is 56.7 Å². The van der Waals surface area contributed by atoms with Gasteiger partial charge >= 0.3 is 0 Å². The van der Waals surface area contributed by atoms with Crippen LogP contribution in [0.15, 0.2) is 18.5 Å². The van der Waals surface area contributed by atoms with Gasteiger partial charge in [-0.05, 0) is 6.07 Å². The fraction of sp³-hybridized carbons (Fsp3) is 0. The first-order valence-electron chi connectivity index (χ1n) is 5.74. The van der Waals surface area contributed by atoms with Crippen molar-refractivity contribution in [3.05, 3.63) is 46.5 Å². The van der Waals surface area contributed by atoms with Gasteiger partial charge in [-0.2, -0.15) is 26.3 Å². The molecule has 0 fully saturated rings. The highest BCUT2D eigenvalue weighted by Gasteiger charge is 2.21. The van der Waals surface area contributed by atoms with E-state index in [2.05, 4.69) is 9.97 Å². The largest absolute Gasteiger partial charge is 0.244 e. The molecule has 0 aliphatic heterocycles. The maximum atomic E-state index is 9.29. The minimum atomic E-state index is -0.157. The van der Waals surface area contributed by atoms with Crippen LogP contribution >= 0.6 is 0 Å². The molecule has 0 aliphatic carbocycles. The Balaban J connectivity index is 3.01. The van der Waals surface area contributed by atoms with Crippen LogP contribution in [0.2, 0.25) is 0 Å². The fourth-order valence-electron chi connectivity index (χ4n) is 1.94. The Labute approximate surface area is 125 Å². The lowest BCUT2D eigenvalue weighted by Crippen LogP contribution is -2.01. The lowest BCUT2D eigenvalue weighted by molar-refractivity contribution is 1.21. The lowest BCUT2D eigenvalue weighted by Gasteiger charge is -2.09. The Kier molecular flexibility index (Phi) is 3.74. The summed E-state index contributed by atoms with van der Waals surface area (Å²) in [4.78, 5) is 7.53. The van der Waals surface area contributed by atoms with E-state index in [1.165, 1.54) is 12.3 Å². The van der Waals surface area contributed by atoms with Crippen LogP contribution in [0.3, 0.4) is 0 Å². The maximum Gasteiger partial charge on any atom is 0.158 e. The minimum Gasteiger partial charge on any atom is -0.244 e. The van der Waals surface area contributed by atoms with Crippen molar-refractivity contribution < 1.29 is 0 Å². The summed E-state index contributed by atoms with van der Waals surface area (Å²) in [6.07, 6.45) is 2.45.